The Morgan fingerprint density at radius 2 is 2.00 bits per heavy atom. The SMILES string of the molecule is O=C(OCF)OCC(F)F. The molecule has 10 heavy (non-hydrogen) atoms. The Morgan fingerprint density at radius 3 is 2.40 bits per heavy atom. The van der Waals surface area contributed by atoms with Crippen LogP contribution in [-0.4, -0.2) is 26.0 Å². The van der Waals surface area contributed by atoms with Crippen molar-refractivity contribution in [2.24, 2.45) is 0 Å². The Kier molecular flexibility index (Phi) is 4.43. The molecule has 0 heterocycles. The average molecular weight is 158 g/mol. The zero-order chi connectivity index (χ0) is 7.98. The molecule has 0 aromatic rings. The maximum absolute atomic E-state index is 11.2. The minimum atomic E-state index is -2.76. The van der Waals surface area contributed by atoms with Crippen LogP contribution in [0.1, 0.15) is 0 Å². The molecule has 0 unspecified atom stereocenters. The molecule has 0 amide bonds. The van der Waals surface area contributed by atoms with E-state index in [0.29, 0.717) is 0 Å². The first kappa shape index (κ1) is 9.06. The van der Waals surface area contributed by atoms with Gasteiger partial charge in [-0.3, -0.25) is 0 Å². The van der Waals surface area contributed by atoms with Crippen molar-refractivity contribution in [1.82, 2.24) is 0 Å². The van der Waals surface area contributed by atoms with Crippen molar-refractivity contribution in [2.45, 2.75) is 6.43 Å². The van der Waals surface area contributed by atoms with E-state index in [-0.39, 0.29) is 0 Å². The molecule has 0 saturated carbocycles. The van der Waals surface area contributed by atoms with Crippen molar-refractivity contribution in [3.05, 3.63) is 0 Å². The van der Waals surface area contributed by atoms with Crippen molar-refractivity contribution in [2.75, 3.05) is 13.5 Å². The summed E-state index contributed by atoms with van der Waals surface area (Å²) in [6.45, 7) is -2.44. The highest BCUT2D eigenvalue weighted by atomic mass is 19.3. The molecule has 0 radical (unpaired) electrons. The van der Waals surface area contributed by atoms with E-state index in [1.807, 2.05) is 0 Å². The molecule has 0 fully saturated rings. The van der Waals surface area contributed by atoms with E-state index in [4.69, 9.17) is 0 Å². The second-order valence-electron chi connectivity index (χ2n) is 1.21. The highest BCUT2D eigenvalue weighted by Gasteiger charge is 2.08. The van der Waals surface area contributed by atoms with Gasteiger partial charge in [-0.05, 0) is 0 Å². The quantitative estimate of drug-likeness (QED) is 0.581. The van der Waals surface area contributed by atoms with Crippen LogP contribution < -0.4 is 0 Å². The van der Waals surface area contributed by atoms with Gasteiger partial charge in [-0.2, -0.15) is 0 Å². The number of rotatable bonds is 3. The largest absolute Gasteiger partial charge is 0.510 e. The predicted octanol–water partition coefficient (Wildman–Crippen LogP) is 1.33. The monoisotopic (exact) mass is 158 g/mol. The Balaban J connectivity index is 3.22. The minimum Gasteiger partial charge on any atom is -0.428 e. The predicted molar refractivity (Wildman–Crippen MR) is 24.4 cm³/mol. The van der Waals surface area contributed by atoms with Crippen LogP contribution in [-0.2, 0) is 9.47 Å². The first-order valence-electron chi connectivity index (χ1n) is 2.30. The molecule has 0 aliphatic rings. The molecule has 3 nitrogen and oxygen atoms in total. The normalized spacial score (nSPS) is 9.60. The minimum absolute atomic E-state index is 1.07. The highest BCUT2D eigenvalue weighted by Crippen LogP contribution is 1.94. The third-order valence-electron chi connectivity index (χ3n) is 0.500. The summed E-state index contributed by atoms with van der Waals surface area (Å²) in [6, 6.07) is 0. The van der Waals surface area contributed by atoms with E-state index in [2.05, 4.69) is 9.47 Å². The Morgan fingerprint density at radius 1 is 1.40 bits per heavy atom. The van der Waals surface area contributed by atoms with Crippen LogP contribution in [0.25, 0.3) is 0 Å². The van der Waals surface area contributed by atoms with Gasteiger partial charge in [0.25, 0.3) is 6.43 Å². The van der Waals surface area contributed by atoms with Crippen molar-refractivity contribution < 1.29 is 27.4 Å². The lowest BCUT2D eigenvalue weighted by atomic mass is 10.8. The fraction of sp³-hybridized carbons (Fsp3) is 0.750. The molecular formula is C4H5F3O3. The van der Waals surface area contributed by atoms with Crippen LogP contribution in [0.5, 0.6) is 0 Å². The fourth-order valence-corrected chi connectivity index (χ4v) is 0.217. The molecular weight excluding hydrogens is 153 g/mol. The van der Waals surface area contributed by atoms with E-state index < -0.39 is 26.0 Å². The van der Waals surface area contributed by atoms with Crippen LogP contribution in [0, 0.1) is 0 Å². The van der Waals surface area contributed by atoms with E-state index in [1.165, 1.54) is 0 Å². The van der Waals surface area contributed by atoms with Gasteiger partial charge in [-0.25, -0.2) is 18.0 Å². The maximum atomic E-state index is 11.2. The Labute approximate surface area is 54.7 Å². The van der Waals surface area contributed by atoms with Gasteiger partial charge in [0.2, 0.25) is 6.86 Å². The van der Waals surface area contributed by atoms with Crippen molar-refractivity contribution in [1.29, 1.82) is 0 Å². The van der Waals surface area contributed by atoms with Gasteiger partial charge in [0.15, 0.2) is 6.61 Å². The number of alkyl halides is 3. The maximum Gasteiger partial charge on any atom is 0.510 e. The average Bonchev–Trinajstić information content (AvgIpc) is 1.85. The van der Waals surface area contributed by atoms with Crippen molar-refractivity contribution in [3.8, 4) is 0 Å². The summed E-state index contributed by atoms with van der Waals surface area (Å²) in [4.78, 5) is 9.93. The third-order valence-corrected chi connectivity index (χ3v) is 0.500. The summed E-state index contributed by atoms with van der Waals surface area (Å²) in [5.41, 5.74) is 0. The van der Waals surface area contributed by atoms with Crippen LogP contribution in [0.4, 0.5) is 18.0 Å². The summed E-state index contributed by atoms with van der Waals surface area (Å²) in [7, 11) is 0. The lowest BCUT2D eigenvalue weighted by Crippen LogP contribution is -2.12. The molecule has 0 rings (SSSR count). The summed E-state index contributed by atoms with van der Waals surface area (Å²) >= 11 is 0. The lowest BCUT2D eigenvalue weighted by Gasteiger charge is -2.00. The molecule has 0 aliphatic heterocycles. The van der Waals surface area contributed by atoms with Gasteiger partial charge >= 0.3 is 6.16 Å². The number of hydrogen-bond donors (Lipinski definition) is 0. The number of ether oxygens (including phenoxy) is 2. The smallest absolute Gasteiger partial charge is 0.428 e. The van der Waals surface area contributed by atoms with E-state index in [1.54, 1.807) is 0 Å². The number of hydrogen-bond acceptors (Lipinski definition) is 3. The van der Waals surface area contributed by atoms with Gasteiger partial charge in [-0.15, -0.1) is 0 Å². The summed E-state index contributed by atoms with van der Waals surface area (Å²) < 4.78 is 40.7. The van der Waals surface area contributed by atoms with Gasteiger partial charge in [0.05, 0.1) is 0 Å². The van der Waals surface area contributed by atoms with Gasteiger partial charge in [-0.1, -0.05) is 0 Å². The van der Waals surface area contributed by atoms with Crippen LogP contribution in [0.3, 0.4) is 0 Å². The second kappa shape index (κ2) is 4.89. The van der Waals surface area contributed by atoms with E-state index >= 15 is 0 Å². The molecule has 0 aromatic carbocycles. The zero-order valence-corrected chi connectivity index (χ0v) is 4.85. The molecule has 60 valence electrons. The van der Waals surface area contributed by atoms with Gasteiger partial charge < -0.3 is 9.47 Å². The summed E-state index contributed by atoms with van der Waals surface area (Å²) in [5.74, 6) is 0. The topological polar surface area (TPSA) is 35.5 Å². The van der Waals surface area contributed by atoms with E-state index in [9.17, 15) is 18.0 Å². The molecule has 0 spiro atoms. The van der Waals surface area contributed by atoms with Gasteiger partial charge in [0.1, 0.15) is 0 Å². The zero-order valence-electron chi connectivity index (χ0n) is 4.85. The van der Waals surface area contributed by atoms with Crippen LogP contribution >= 0.6 is 0 Å². The molecule has 0 saturated heterocycles. The fourth-order valence-electron chi connectivity index (χ4n) is 0.217. The lowest BCUT2D eigenvalue weighted by molar-refractivity contribution is -0.00793. The first-order valence-corrected chi connectivity index (χ1v) is 2.30. The van der Waals surface area contributed by atoms with Crippen LogP contribution in [0.15, 0.2) is 0 Å². The van der Waals surface area contributed by atoms with Crippen LogP contribution in [0.2, 0.25) is 0 Å². The molecule has 0 bridgehead atoms. The van der Waals surface area contributed by atoms with Gasteiger partial charge in [0, 0.05) is 0 Å². The van der Waals surface area contributed by atoms with Crippen molar-refractivity contribution in [3.63, 3.8) is 0 Å². The number of carbonyl (C=O) groups is 1. The summed E-state index contributed by atoms with van der Waals surface area (Å²) in [5, 5.41) is 0. The molecule has 0 aromatic heterocycles. The first-order chi connectivity index (χ1) is 4.66. The summed E-state index contributed by atoms with van der Waals surface area (Å²) in [6.07, 6.45) is -4.19. The molecule has 0 aliphatic carbocycles. The highest BCUT2D eigenvalue weighted by molar-refractivity contribution is 5.59. The Bertz CT molecular complexity index is 106. The Hall–Kier alpha value is -0.940. The number of carbonyl (C=O) groups excluding carboxylic acids is 1. The number of halogens is 3. The van der Waals surface area contributed by atoms with Crippen molar-refractivity contribution >= 4 is 6.16 Å². The van der Waals surface area contributed by atoms with E-state index in [0.717, 1.165) is 0 Å². The standard InChI is InChI=1S/C4H5F3O3/c5-2-10-4(8)9-1-3(6)7/h3H,1-2H2. The second-order valence-corrected chi connectivity index (χ2v) is 1.21. The molecule has 0 N–H and O–H groups in total. The molecule has 6 heteroatoms. The molecule has 0 atom stereocenters. The third kappa shape index (κ3) is 5.20.